The maximum Gasteiger partial charge on any atom is 0.155 e. The zero-order chi connectivity index (χ0) is 8.60. The van der Waals surface area contributed by atoms with E-state index in [1.54, 1.807) is 6.08 Å². The first kappa shape index (κ1) is 7.59. The fourth-order valence-electron chi connectivity index (χ4n) is 1.72. The van der Waals surface area contributed by atoms with E-state index >= 15 is 0 Å². The van der Waals surface area contributed by atoms with E-state index in [4.69, 9.17) is 4.74 Å². The van der Waals surface area contributed by atoms with Crippen molar-refractivity contribution in [1.82, 2.24) is 0 Å². The first-order chi connectivity index (χ1) is 5.70. The first-order valence-corrected chi connectivity index (χ1v) is 4.28. The molecule has 0 bridgehead atoms. The number of ether oxygens (including phenoxy) is 1. The number of hydrogen-bond donors (Lipinski definition) is 0. The molecule has 0 aromatic rings. The summed E-state index contributed by atoms with van der Waals surface area (Å²) in [5, 5.41) is 0. The predicted octanol–water partition coefficient (Wildman–Crippen LogP) is 1.97. The van der Waals surface area contributed by atoms with Crippen LogP contribution in [0, 0.1) is 0 Å². The third-order valence-electron chi connectivity index (χ3n) is 2.47. The van der Waals surface area contributed by atoms with Gasteiger partial charge >= 0.3 is 0 Å². The van der Waals surface area contributed by atoms with Crippen molar-refractivity contribution in [1.29, 1.82) is 0 Å². The van der Waals surface area contributed by atoms with Crippen LogP contribution in [0.3, 0.4) is 0 Å². The summed E-state index contributed by atoms with van der Waals surface area (Å²) in [6.07, 6.45) is 8.01. The highest BCUT2D eigenvalue weighted by Crippen LogP contribution is 2.35. The lowest BCUT2D eigenvalue weighted by Crippen LogP contribution is -2.29. The number of rotatable bonds is 0. The van der Waals surface area contributed by atoms with Crippen LogP contribution in [-0.4, -0.2) is 11.4 Å². The Kier molecular flexibility index (Phi) is 1.56. The molecule has 0 aromatic heterocycles. The quantitative estimate of drug-likeness (QED) is 0.547. The fourth-order valence-corrected chi connectivity index (χ4v) is 1.72. The van der Waals surface area contributed by atoms with Gasteiger partial charge in [0.25, 0.3) is 0 Å². The van der Waals surface area contributed by atoms with E-state index in [0.717, 1.165) is 18.6 Å². The average molecular weight is 164 g/mol. The van der Waals surface area contributed by atoms with Crippen molar-refractivity contribution in [3.8, 4) is 0 Å². The van der Waals surface area contributed by atoms with E-state index in [9.17, 15) is 4.79 Å². The monoisotopic (exact) mass is 164 g/mol. The number of allylic oxidation sites excluding steroid dienone is 2. The molecule has 1 spiro atoms. The summed E-state index contributed by atoms with van der Waals surface area (Å²) in [7, 11) is 0. The zero-order valence-corrected chi connectivity index (χ0v) is 7.17. The van der Waals surface area contributed by atoms with E-state index in [1.165, 1.54) is 0 Å². The largest absolute Gasteiger partial charge is 0.488 e. The Bertz CT molecular complexity index is 276. The van der Waals surface area contributed by atoms with Gasteiger partial charge in [0.15, 0.2) is 5.78 Å². The maximum absolute atomic E-state index is 10.9. The van der Waals surface area contributed by atoms with Gasteiger partial charge in [-0.05, 0) is 31.6 Å². The van der Waals surface area contributed by atoms with Gasteiger partial charge in [-0.2, -0.15) is 0 Å². The molecule has 1 heterocycles. The number of hydrogen-bond acceptors (Lipinski definition) is 2. The second kappa shape index (κ2) is 2.47. The van der Waals surface area contributed by atoms with Crippen molar-refractivity contribution in [3.05, 3.63) is 24.0 Å². The second-order valence-electron chi connectivity index (χ2n) is 3.49. The van der Waals surface area contributed by atoms with Crippen LogP contribution in [0.4, 0.5) is 0 Å². The lowest BCUT2D eigenvalue weighted by molar-refractivity contribution is -0.116. The lowest BCUT2D eigenvalue weighted by Gasteiger charge is -2.28. The lowest BCUT2D eigenvalue weighted by atomic mass is 9.88. The molecule has 1 aliphatic carbocycles. The van der Waals surface area contributed by atoms with Crippen LogP contribution in [-0.2, 0) is 9.53 Å². The normalized spacial score (nSPS) is 33.8. The van der Waals surface area contributed by atoms with Crippen molar-refractivity contribution < 1.29 is 9.53 Å². The molecule has 2 heteroatoms. The van der Waals surface area contributed by atoms with Gasteiger partial charge in [0.1, 0.15) is 5.60 Å². The smallest absolute Gasteiger partial charge is 0.155 e. The molecule has 2 nitrogen and oxygen atoms in total. The number of carbonyl (C=O) groups excluding carboxylic acids is 1. The molecule has 12 heavy (non-hydrogen) atoms. The molecule has 0 amide bonds. The fraction of sp³-hybridized carbons (Fsp3) is 0.500. The zero-order valence-electron chi connectivity index (χ0n) is 7.17. The van der Waals surface area contributed by atoms with Crippen molar-refractivity contribution in [2.24, 2.45) is 0 Å². The van der Waals surface area contributed by atoms with Gasteiger partial charge in [-0.3, -0.25) is 4.79 Å². The summed E-state index contributed by atoms with van der Waals surface area (Å²) in [4.78, 5) is 10.9. The Morgan fingerprint density at radius 1 is 1.58 bits per heavy atom. The molecule has 2 rings (SSSR count). The highest BCUT2D eigenvalue weighted by Gasteiger charge is 2.35. The van der Waals surface area contributed by atoms with Crippen LogP contribution in [0.15, 0.2) is 24.0 Å². The highest BCUT2D eigenvalue weighted by atomic mass is 16.5. The Morgan fingerprint density at radius 2 is 2.42 bits per heavy atom. The molecule has 0 aromatic carbocycles. The van der Waals surface area contributed by atoms with Crippen LogP contribution in [0.1, 0.15) is 26.2 Å². The Labute approximate surface area is 71.9 Å². The molecule has 64 valence electrons. The third kappa shape index (κ3) is 1.17. The van der Waals surface area contributed by atoms with Crippen LogP contribution < -0.4 is 0 Å². The standard InChI is InChI=1S/C10H12O2/c1-8-2-5-10(12-8)6-3-9(11)4-7-10/h2-3,6H,4-5,7H2,1H3. The van der Waals surface area contributed by atoms with Crippen molar-refractivity contribution in [2.75, 3.05) is 0 Å². The minimum atomic E-state index is -0.169. The summed E-state index contributed by atoms with van der Waals surface area (Å²) in [5.74, 6) is 1.20. The Balaban J connectivity index is 2.16. The van der Waals surface area contributed by atoms with Crippen LogP contribution in [0.25, 0.3) is 0 Å². The summed E-state index contributed by atoms with van der Waals surface area (Å²) in [6.45, 7) is 1.96. The summed E-state index contributed by atoms with van der Waals surface area (Å²) in [6, 6.07) is 0. The van der Waals surface area contributed by atoms with Crippen molar-refractivity contribution >= 4 is 5.78 Å². The summed E-state index contributed by atoms with van der Waals surface area (Å²) in [5.41, 5.74) is -0.169. The molecule has 0 fully saturated rings. The van der Waals surface area contributed by atoms with E-state index < -0.39 is 0 Å². The van der Waals surface area contributed by atoms with Crippen LogP contribution in [0.2, 0.25) is 0 Å². The van der Waals surface area contributed by atoms with E-state index in [0.29, 0.717) is 6.42 Å². The first-order valence-electron chi connectivity index (χ1n) is 4.28. The van der Waals surface area contributed by atoms with Crippen molar-refractivity contribution in [2.45, 2.75) is 31.8 Å². The van der Waals surface area contributed by atoms with Crippen LogP contribution >= 0.6 is 0 Å². The van der Waals surface area contributed by atoms with Gasteiger partial charge in [0, 0.05) is 12.8 Å². The van der Waals surface area contributed by atoms with Gasteiger partial charge in [-0.1, -0.05) is 0 Å². The Hall–Kier alpha value is -1.05. The van der Waals surface area contributed by atoms with Gasteiger partial charge in [0.2, 0.25) is 0 Å². The molecular weight excluding hydrogens is 152 g/mol. The topological polar surface area (TPSA) is 26.3 Å². The van der Waals surface area contributed by atoms with Crippen molar-refractivity contribution in [3.63, 3.8) is 0 Å². The maximum atomic E-state index is 10.9. The molecule has 0 saturated heterocycles. The van der Waals surface area contributed by atoms with Crippen LogP contribution in [0.5, 0.6) is 0 Å². The van der Waals surface area contributed by atoms with Gasteiger partial charge in [-0.25, -0.2) is 0 Å². The number of ketones is 1. The number of carbonyl (C=O) groups is 1. The predicted molar refractivity (Wildman–Crippen MR) is 45.6 cm³/mol. The van der Waals surface area contributed by atoms with E-state index in [2.05, 4.69) is 6.08 Å². The molecule has 0 radical (unpaired) electrons. The Morgan fingerprint density at radius 3 is 2.92 bits per heavy atom. The molecule has 1 aliphatic heterocycles. The van der Waals surface area contributed by atoms with Gasteiger partial charge < -0.3 is 4.74 Å². The minimum absolute atomic E-state index is 0.169. The SMILES string of the molecule is CC1=CCC2(C=CC(=O)CC2)O1. The molecule has 0 saturated carbocycles. The molecular formula is C10H12O2. The minimum Gasteiger partial charge on any atom is -0.488 e. The second-order valence-corrected chi connectivity index (χ2v) is 3.49. The third-order valence-corrected chi connectivity index (χ3v) is 2.47. The van der Waals surface area contributed by atoms with Gasteiger partial charge in [-0.15, -0.1) is 0 Å². The summed E-state index contributed by atoms with van der Waals surface area (Å²) >= 11 is 0. The summed E-state index contributed by atoms with van der Waals surface area (Å²) < 4.78 is 5.66. The molecule has 1 atom stereocenters. The van der Waals surface area contributed by atoms with Gasteiger partial charge in [0.05, 0.1) is 5.76 Å². The van der Waals surface area contributed by atoms with E-state index in [1.807, 2.05) is 13.0 Å². The van der Waals surface area contributed by atoms with E-state index in [-0.39, 0.29) is 11.4 Å². The average Bonchev–Trinajstić information content (AvgIpc) is 2.40. The molecule has 0 N–H and O–H groups in total. The highest BCUT2D eigenvalue weighted by molar-refractivity contribution is 5.90. The molecule has 2 aliphatic rings. The molecule has 1 unspecified atom stereocenters.